The molecule has 0 N–H and O–H groups in total. The number of hydrogen-bond acceptors (Lipinski definition) is 4. The fraction of sp³-hybridized carbons (Fsp3) is 0.300. The molecule has 0 bridgehead atoms. The first kappa shape index (κ1) is 9.62. The van der Waals surface area contributed by atoms with E-state index < -0.39 is 0 Å². The molecule has 0 aliphatic heterocycles. The predicted octanol–water partition coefficient (Wildman–Crippen LogP) is 1.14. The van der Waals surface area contributed by atoms with Crippen molar-refractivity contribution in [3.05, 3.63) is 29.7 Å². The van der Waals surface area contributed by atoms with E-state index in [1.807, 2.05) is 11.3 Å². The molecule has 2 aromatic heterocycles. The lowest BCUT2D eigenvalue weighted by Crippen LogP contribution is -1.98. The van der Waals surface area contributed by atoms with E-state index in [9.17, 15) is 0 Å². The van der Waals surface area contributed by atoms with Gasteiger partial charge in [-0.1, -0.05) is 0 Å². The molecular formula is C10H10N4O. The van der Waals surface area contributed by atoms with Crippen LogP contribution in [0.3, 0.4) is 0 Å². The van der Waals surface area contributed by atoms with Gasteiger partial charge in [0.1, 0.15) is 6.61 Å². The lowest BCUT2D eigenvalue weighted by Gasteiger charge is -1.99. The van der Waals surface area contributed by atoms with E-state index in [0.717, 1.165) is 5.82 Å². The number of rotatable bonds is 3. The Labute approximate surface area is 86.9 Å². The Kier molecular flexibility index (Phi) is 2.61. The van der Waals surface area contributed by atoms with Gasteiger partial charge in [-0.3, -0.25) is 4.40 Å². The second kappa shape index (κ2) is 4.07. The van der Waals surface area contributed by atoms with Gasteiger partial charge in [0.15, 0.2) is 11.5 Å². The first-order chi connectivity index (χ1) is 7.35. The van der Waals surface area contributed by atoms with Crippen LogP contribution in [0.2, 0.25) is 0 Å². The molecule has 2 rings (SSSR count). The minimum atomic E-state index is 0.434. The minimum Gasteiger partial charge on any atom is -0.374 e. The van der Waals surface area contributed by atoms with Crippen molar-refractivity contribution >= 4 is 5.65 Å². The molecule has 5 heteroatoms. The number of aromatic nitrogens is 3. The summed E-state index contributed by atoms with van der Waals surface area (Å²) in [5.74, 6) is 0.747. The Hall–Kier alpha value is -1.93. The van der Waals surface area contributed by atoms with Gasteiger partial charge in [0, 0.05) is 18.9 Å². The van der Waals surface area contributed by atoms with Gasteiger partial charge in [0.05, 0.1) is 11.6 Å². The molecule has 0 aromatic carbocycles. The molecule has 0 spiro atoms. The normalized spacial score (nSPS) is 10.4. The summed E-state index contributed by atoms with van der Waals surface area (Å²) in [6.07, 6.45) is 1.78. The van der Waals surface area contributed by atoms with Crippen LogP contribution in [0.5, 0.6) is 0 Å². The summed E-state index contributed by atoms with van der Waals surface area (Å²) in [5, 5.41) is 16.7. The molecule has 0 fully saturated rings. The van der Waals surface area contributed by atoms with Crippen LogP contribution in [-0.4, -0.2) is 21.2 Å². The number of hydrogen-bond donors (Lipinski definition) is 0. The van der Waals surface area contributed by atoms with Crippen molar-refractivity contribution in [1.29, 1.82) is 5.26 Å². The first-order valence-electron chi connectivity index (χ1n) is 4.66. The third-order valence-electron chi connectivity index (χ3n) is 2.04. The maximum atomic E-state index is 8.71. The molecule has 0 saturated carbocycles. The smallest absolute Gasteiger partial charge is 0.163 e. The zero-order valence-electron chi connectivity index (χ0n) is 8.34. The van der Waals surface area contributed by atoms with Crippen LogP contribution >= 0.6 is 0 Å². The second-order valence-electron chi connectivity index (χ2n) is 3.01. The van der Waals surface area contributed by atoms with Crippen molar-refractivity contribution in [3.63, 3.8) is 0 Å². The highest BCUT2D eigenvalue weighted by molar-refractivity contribution is 5.45. The zero-order chi connectivity index (χ0) is 10.7. The van der Waals surface area contributed by atoms with E-state index in [0.29, 0.717) is 24.4 Å². The summed E-state index contributed by atoms with van der Waals surface area (Å²) < 4.78 is 7.07. The molecular weight excluding hydrogens is 192 g/mol. The van der Waals surface area contributed by atoms with E-state index in [1.54, 1.807) is 18.3 Å². The molecule has 0 unspecified atom stereocenters. The highest BCUT2D eigenvalue weighted by Gasteiger charge is 2.05. The molecule has 0 aliphatic rings. The topological polar surface area (TPSA) is 63.2 Å². The Bertz CT molecular complexity index is 512. The third-order valence-corrected chi connectivity index (χ3v) is 2.04. The molecule has 2 aromatic rings. The third kappa shape index (κ3) is 1.80. The Morgan fingerprint density at radius 2 is 2.40 bits per heavy atom. The molecule has 0 atom stereocenters. The lowest BCUT2D eigenvalue weighted by molar-refractivity contribution is 0.127. The standard InChI is InChI=1S/C10H10N4O/c1-2-15-7-10-13-12-9-5-8(6-11)3-4-14(9)10/h3-5H,2,7H2,1H3. The molecule has 0 saturated heterocycles. The SMILES string of the molecule is CCOCc1nnc2cc(C#N)ccn12. The van der Waals surface area contributed by atoms with Gasteiger partial charge in [-0.05, 0) is 13.0 Å². The van der Waals surface area contributed by atoms with Crippen LogP contribution in [-0.2, 0) is 11.3 Å². The maximum absolute atomic E-state index is 8.71. The van der Waals surface area contributed by atoms with Crippen LogP contribution in [0.4, 0.5) is 0 Å². The molecule has 0 amide bonds. The first-order valence-corrected chi connectivity index (χ1v) is 4.66. The molecule has 0 aliphatic carbocycles. The number of fused-ring (bicyclic) bond motifs is 1. The van der Waals surface area contributed by atoms with E-state index in [1.165, 1.54) is 0 Å². The number of nitrogens with zero attached hydrogens (tertiary/aromatic N) is 4. The molecule has 0 radical (unpaired) electrons. The second-order valence-corrected chi connectivity index (χ2v) is 3.01. The van der Waals surface area contributed by atoms with Gasteiger partial charge in [-0.2, -0.15) is 5.26 Å². The van der Waals surface area contributed by atoms with E-state index >= 15 is 0 Å². The molecule has 76 valence electrons. The van der Waals surface area contributed by atoms with Crippen molar-refractivity contribution in [3.8, 4) is 6.07 Å². The summed E-state index contributed by atoms with van der Waals surface area (Å²) in [4.78, 5) is 0. The highest BCUT2D eigenvalue weighted by Crippen LogP contribution is 2.07. The number of nitriles is 1. The van der Waals surface area contributed by atoms with E-state index in [2.05, 4.69) is 16.3 Å². The molecule has 15 heavy (non-hydrogen) atoms. The van der Waals surface area contributed by atoms with Crippen LogP contribution in [0.15, 0.2) is 18.3 Å². The van der Waals surface area contributed by atoms with Gasteiger partial charge in [0.2, 0.25) is 0 Å². The fourth-order valence-electron chi connectivity index (χ4n) is 1.30. The molecule has 5 nitrogen and oxygen atoms in total. The average Bonchev–Trinajstić information content (AvgIpc) is 2.68. The number of pyridine rings is 1. The van der Waals surface area contributed by atoms with Crippen molar-refractivity contribution < 1.29 is 4.74 Å². The average molecular weight is 202 g/mol. The van der Waals surface area contributed by atoms with Gasteiger partial charge in [0.25, 0.3) is 0 Å². The van der Waals surface area contributed by atoms with E-state index in [4.69, 9.17) is 10.00 Å². The van der Waals surface area contributed by atoms with Crippen molar-refractivity contribution in [2.75, 3.05) is 6.61 Å². The summed E-state index contributed by atoms with van der Waals surface area (Å²) in [7, 11) is 0. The monoisotopic (exact) mass is 202 g/mol. The summed E-state index contributed by atoms with van der Waals surface area (Å²) in [5.41, 5.74) is 1.25. The van der Waals surface area contributed by atoms with Crippen LogP contribution in [0.25, 0.3) is 5.65 Å². The van der Waals surface area contributed by atoms with Crippen LogP contribution in [0, 0.1) is 11.3 Å². The Balaban J connectivity index is 2.39. The fourth-order valence-corrected chi connectivity index (χ4v) is 1.30. The van der Waals surface area contributed by atoms with Gasteiger partial charge in [-0.15, -0.1) is 10.2 Å². The largest absolute Gasteiger partial charge is 0.374 e. The van der Waals surface area contributed by atoms with Crippen molar-refractivity contribution in [2.24, 2.45) is 0 Å². The lowest BCUT2D eigenvalue weighted by atomic mass is 10.3. The Morgan fingerprint density at radius 3 is 3.13 bits per heavy atom. The van der Waals surface area contributed by atoms with Crippen LogP contribution in [0.1, 0.15) is 18.3 Å². The van der Waals surface area contributed by atoms with Gasteiger partial charge in [-0.25, -0.2) is 0 Å². The number of ether oxygens (including phenoxy) is 1. The molecule has 2 heterocycles. The summed E-state index contributed by atoms with van der Waals surface area (Å²) in [6.45, 7) is 3.01. The van der Waals surface area contributed by atoms with Crippen LogP contribution < -0.4 is 0 Å². The summed E-state index contributed by atoms with van der Waals surface area (Å²) >= 11 is 0. The zero-order valence-corrected chi connectivity index (χ0v) is 8.34. The predicted molar refractivity (Wildman–Crippen MR) is 53.0 cm³/mol. The van der Waals surface area contributed by atoms with Crippen molar-refractivity contribution in [1.82, 2.24) is 14.6 Å². The maximum Gasteiger partial charge on any atom is 0.163 e. The Morgan fingerprint density at radius 1 is 1.53 bits per heavy atom. The van der Waals surface area contributed by atoms with Gasteiger partial charge < -0.3 is 4.74 Å². The van der Waals surface area contributed by atoms with Crippen molar-refractivity contribution in [2.45, 2.75) is 13.5 Å². The van der Waals surface area contributed by atoms with E-state index in [-0.39, 0.29) is 0 Å². The summed E-state index contributed by atoms with van der Waals surface area (Å²) in [6, 6.07) is 5.48. The highest BCUT2D eigenvalue weighted by atomic mass is 16.5. The quantitative estimate of drug-likeness (QED) is 0.748. The minimum absolute atomic E-state index is 0.434. The van der Waals surface area contributed by atoms with Gasteiger partial charge >= 0.3 is 0 Å².